The summed E-state index contributed by atoms with van der Waals surface area (Å²) in [5.74, 6) is -2.05. The maximum absolute atomic E-state index is 11.1. The van der Waals surface area contributed by atoms with E-state index in [1.54, 1.807) is 18.2 Å². The lowest BCUT2D eigenvalue weighted by Crippen LogP contribution is -1.99. The van der Waals surface area contributed by atoms with Crippen molar-refractivity contribution in [2.75, 3.05) is 0 Å². The minimum atomic E-state index is -1.12. The molecule has 88 valence electrons. The molecule has 0 spiro atoms. The molecule has 0 bridgehead atoms. The van der Waals surface area contributed by atoms with Gasteiger partial charge in [0.25, 0.3) is 5.78 Å². The van der Waals surface area contributed by atoms with Gasteiger partial charge < -0.3 is 5.11 Å². The molecule has 0 saturated heterocycles. The number of benzene rings is 1. The lowest BCUT2D eigenvalue weighted by Gasteiger charge is -1.95. The molecule has 0 radical (unpaired) electrons. The first-order chi connectivity index (χ1) is 8.58. The Morgan fingerprint density at radius 1 is 1.33 bits per heavy atom. The molecule has 0 unspecified atom stereocenters. The van der Waals surface area contributed by atoms with E-state index in [1.165, 1.54) is 12.1 Å². The number of Topliss-reactive ketones (excluding diaryl/α,β-unsaturated/α-hetero) is 1. The first-order valence-corrected chi connectivity index (χ1v) is 4.84. The number of ketones is 1. The topological polar surface area (TPSA) is 110 Å². The summed E-state index contributed by atoms with van der Waals surface area (Å²) in [5, 5.41) is 33.2. The number of nitriles is 2. The number of aliphatic hydroxyl groups excluding tert-OH is 1. The molecule has 1 rings (SSSR count). The van der Waals surface area contributed by atoms with Gasteiger partial charge in [0, 0.05) is 0 Å². The second-order valence-corrected chi connectivity index (χ2v) is 3.29. The van der Waals surface area contributed by atoms with Gasteiger partial charge >= 0.3 is 0 Å². The zero-order valence-electron chi connectivity index (χ0n) is 9.45. The molecule has 0 aliphatic carbocycles. The third kappa shape index (κ3) is 3.26. The standard InChI is InChI=1S/C12H8N4O2/c1-8-3-2-4-9(5-8)15-16-12(10(17)6-13)11(18)7-14/h2-5,17H,1H3/b12-10-,16-15?. The molecule has 0 fully saturated rings. The van der Waals surface area contributed by atoms with Crippen LogP contribution in [0.3, 0.4) is 0 Å². The van der Waals surface area contributed by atoms with Gasteiger partial charge in [0.05, 0.1) is 5.69 Å². The Balaban J connectivity index is 3.11. The van der Waals surface area contributed by atoms with Crippen molar-refractivity contribution in [1.29, 1.82) is 10.5 Å². The highest BCUT2D eigenvalue weighted by atomic mass is 16.3. The number of carbonyl (C=O) groups is 1. The first-order valence-electron chi connectivity index (χ1n) is 4.84. The number of aliphatic hydroxyl groups is 1. The highest BCUT2D eigenvalue weighted by molar-refractivity contribution is 6.07. The lowest BCUT2D eigenvalue weighted by atomic mass is 10.2. The molecule has 1 N–H and O–H groups in total. The van der Waals surface area contributed by atoms with Crippen molar-refractivity contribution in [3.63, 3.8) is 0 Å². The number of aryl methyl sites for hydroxylation is 1. The molecule has 1 aromatic carbocycles. The summed E-state index contributed by atoms with van der Waals surface area (Å²) in [6.07, 6.45) is 0. The number of allylic oxidation sites excluding steroid dienone is 2. The SMILES string of the molecule is Cc1cccc(N=N/C(C(=O)C#N)=C(\O)C#N)c1. The molecule has 0 aliphatic heterocycles. The van der Waals surface area contributed by atoms with E-state index in [-0.39, 0.29) is 0 Å². The average molecular weight is 240 g/mol. The van der Waals surface area contributed by atoms with Crippen molar-refractivity contribution in [1.82, 2.24) is 0 Å². The number of carbonyl (C=O) groups excluding carboxylic acids is 1. The predicted molar refractivity (Wildman–Crippen MR) is 61.6 cm³/mol. The van der Waals surface area contributed by atoms with Gasteiger partial charge in [-0.25, -0.2) is 0 Å². The lowest BCUT2D eigenvalue weighted by molar-refractivity contribution is -0.110. The van der Waals surface area contributed by atoms with Crippen LogP contribution in [0.2, 0.25) is 0 Å². The smallest absolute Gasteiger partial charge is 0.286 e. The Hall–Kier alpha value is -2.99. The zero-order valence-corrected chi connectivity index (χ0v) is 9.45. The van der Waals surface area contributed by atoms with Gasteiger partial charge in [-0.3, -0.25) is 4.79 Å². The molecule has 0 aliphatic rings. The fraction of sp³-hybridized carbons (Fsp3) is 0.0833. The van der Waals surface area contributed by atoms with E-state index in [9.17, 15) is 4.79 Å². The quantitative estimate of drug-likeness (QED) is 0.218. The summed E-state index contributed by atoms with van der Waals surface area (Å²) in [5.41, 5.74) is 0.721. The number of hydrogen-bond donors (Lipinski definition) is 1. The highest BCUT2D eigenvalue weighted by Gasteiger charge is 2.14. The monoisotopic (exact) mass is 240 g/mol. The van der Waals surface area contributed by atoms with E-state index >= 15 is 0 Å². The molecular weight excluding hydrogens is 232 g/mol. The van der Waals surface area contributed by atoms with Gasteiger partial charge in [0.2, 0.25) is 5.76 Å². The average Bonchev–Trinajstić information content (AvgIpc) is 2.38. The van der Waals surface area contributed by atoms with Crippen molar-refractivity contribution < 1.29 is 9.90 Å². The third-order valence-electron chi connectivity index (χ3n) is 1.91. The van der Waals surface area contributed by atoms with E-state index in [1.807, 2.05) is 13.0 Å². The van der Waals surface area contributed by atoms with Crippen molar-refractivity contribution in [2.24, 2.45) is 10.2 Å². The molecule has 6 nitrogen and oxygen atoms in total. The molecule has 0 saturated carbocycles. The van der Waals surface area contributed by atoms with Crippen LogP contribution in [0.25, 0.3) is 0 Å². The Morgan fingerprint density at radius 3 is 2.61 bits per heavy atom. The third-order valence-corrected chi connectivity index (χ3v) is 1.91. The Morgan fingerprint density at radius 2 is 2.06 bits per heavy atom. The number of hydrogen-bond acceptors (Lipinski definition) is 6. The van der Waals surface area contributed by atoms with E-state index < -0.39 is 17.2 Å². The van der Waals surface area contributed by atoms with Crippen LogP contribution in [0.4, 0.5) is 5.69 Å². The second-order valence-electron chi connectivity index (χ2n) is 3.29. The molecular formula is C12H8N4O2. The highest BCUT2D eigenvalue weighted by Crippen LogP contribution is 2.16. The van der Waals surface area contributed by atoms with Crippen LogP contribution in [-0.4, -0.2) is 10.9 Å². The van der Waals surface area contributed by atoms with Gasteiger partial charge in [0.15, 0.2) is 5.70 Å². The summed E-state index contributed by atoms with van der Waals surface area (Å²) in [4.78, 5) is 11.1. The number of rotatable bonds is 3. The van der Waals surface area contributed by atoms with Gasteiger partial charge in [-0.1, -0.05) is 12.1 Å². The summed E-state index contributed by atoms with van der Waals surface area (Å²) in [6, 6.07) is 9.52. The molecule has 18 heavy (non-hydrogen) atoms. The summed E-state index contributed by atoms with van der Waals surface area (Å²) >= 11 is 0. The Kier molecular flexibility index (Phi) is 4.30. The molecule has 0 heterocycles. The second kappa shape index (κ2) is 5.92. The van der Waals surface area contributed by atoms with Crippen LogP contribution in [0, 0.1) is 29.6 Å². The Labute approximate surface area is 103 Å². The number of nitrogens with zero attached hydrogens (tertiary/aromatic N) is 4. The van der Waals surface area contributed by atoms with Crippen molar-refractivity contribution in [3.05, 3.63) is 41.3 Å². The van der Waals surface area contributed by atoms with E-state index in [4.69, 9.17) is 15.6 Å². The van der Waals surface area contributed by atoms with Crippen LogP contribution in [0.1, 0.15) is 5.56 Å². The van der Waals surface area contributed by atoms with E-state index in [0.29, 0.717) is 5.69 Å². The fourth-order valence-electron chi connectivity index (χ4n) is 1.10. The largest absolute Gasteiger partial charge is 0.498 e. The van der Waals surface area contributed by atoms with Gasteiger partial charge in [-0.15, -0.1) is 5.11 Å². The normalized spacial score (nSPS) is 11.5. The van der Waals surface area contributed by atoms with Gasteiger partial charge in [-0.05, 0) is 24.6 Å². The van der Waals surface area contributed by atoms with Crippen molar-refractivity contribution >= 4 is 11.5 Å². The molecule has 0 amide bonds. The van der Waals surface area contributed by atoms with Crippen molar-refractivity contribution in [2.45, 2.75) is 6.92 Å². The molecule has 0 atom stereocenters. The molecule has 0 aromatic heterocycles. The van der Waals surface area contributed by atoms with Crippen LogP contribution >= 0.6 is 0 Å². The van der Waals surface area contributed by atoms with E-state index in [0.717, 1.165) is 5.56 Å². The molecule has 1 aromatic rings. The van der Waals surface area contributed by atoms with Crippen molar-refractivity contribution in [3.8, 4) is 12.1 Å². The summed E-state index contributed by atoms with van der Waals surface area (Å²) in [7, 11) is 0. The van der Waals surface area contributed by atoms with Crippen LogP contribution in [0.5, 0.6) is 0 Å². The Bertz CT molecular complexity index is 618. The fourth-order valence-corrected chi connectivity index (χ4v) is 1.10. The number of azo groups is 1. The van der Waals surface area contributed by atoms with Crippen LogP contribution in [0.15, 0.2) is 46.0 Å². The zero-order chi connectivity index (χ0) is 13.5. The first kappa shape index (κ1) is 13.1. The summed E-state index contributed by atoms with van der Waals surface area (Å²) in [6.45, 7) is 1.85. The van der Waals surface area contributed by atoms with Gasteiger partial charge in [-0.2, -0.15) is 15.6 Å². The van der Waals surface area contributed by atoms with Crippen LogP contribution in [-0.2, 0) is 4.79 Å². The van der Waals surface area contributed by atoms with E-state index in [2.05, 4.69) is 10.2 Å². The minimum absolute atomic E-state index is 0.448. The summed E-state index contributed by atoms with van der Waals surface area (Å²) < 4.78 is 0. The minimum Gasteiger partial charge on any atom is -0.498 e. The van der Waals surface area contributed by atoms with Crippen LogP contribution < -0.4 is 0 Å². The predicted octanol–water partition coefficient (Wildman–Crippen LogP) is 2.46. The van der Waals surface area contributed by atoms with Gasteiger partial charge in [0.1, 0.15) is 12.1 Å². The maximum atomic E-state index is 11.1. The maximum Gasteiger partial charge on any atom is 0.286 e. The molecule has 6 heteroatoms.